The fraction of sp³-hybridized carbons (Fsp3) is 0. The van der Waals surface area contributed by atoms with E-state index in [9.17, 15) is 19.8 Å². The monoisotopic (exact) mass is 424 g/mol. The Morgan fingerprint density at radius 1 is 0.903 bits per heavy atom. The molecule has 2 aromatic heterocycles. The first-order chi connectivity index (χ1) is 14.5. The molecule has 0 spiro atoms. The van der Waals surface area contributed by atoms with Crippen molar-refractivity contribution in [1.29, 1.82) is 0 Å². The number of aromatic carboxylic acids is 1. The predicted molar refractivity (Wildman–Crippen MR) is 118 cm³/mol. The molecular formula is C23H17N2NaO5. The second-order valence-corrected chi connectivity index (χ2v) is 6.51. The van der Waals surface area contributed by atoms with Gasteiger partial charge in [0.05, 0.1) is 29.3 Å². The van der Waals surface area contributed by atoms with Crippen molar-refractivity contribution in [2.45, 2.75) is 0 Å². The Morgan fingerprint density at radius 3 is 2.35 bits per heavy atom. The van der Waals surface area contributed by atoms with Crippen molar-refractivity contribution < 1.29 is 24.2 Å². The maximum atomic E-state index is 12.9. The maximum absolute atomic E-state index is 12.9. The van der Waals surface area contributed by atoms with Crippen LogP contribution in [0.1, 0.15) is 20.7 Å². The zero-order valence-electron chi connectivity index (χ0n) is 15.6. The van der Waals surface area contributed by atoms with E-state index in [1.54, 1.807) is 42.7 Å². The molecule has 0 radical (unpaired) electrons. The van der Waals surface area contributed by atoms with Gasteiger partial charge in [0.15, 0.2) is 0 Å². The van der Waals surface area contributed by atoms with E-state index in [1.165, 1.54) is 30.7 Å². The number of carbonyl (C=O) groups is 2. The van der Waals surface area contributed by atoms with Crippen LogP contribution in [0.3, 0.4) is 0 Å². The van der Waals surface area contributed by atoms with Crippen molar-refractivity contribution in [2.24, 2.45) is 0 Å². The Hall–Kier alpha value is -3.39. The van der Waals surface area contributed by atoms with Crippen LogP contribution in [0.25, 0.3) is 22.3 Å². The van der Waals surface area contributed by atoms with Crippen LogP contribution in [0.15, 0.2) is 83.9 Å². The number of nitrogens with one attached hydrogen (secondary N) is 1. The minimum absolute atomic E-state index is 0. The molecule has 4 rings (SSSR count). The molecule has 0 aliphatic carbocycles. The Kier molecular flexibility index (Phi) is 6.91. The number of nitrogens with zero attached hydrogens (tertiary/aromatic N) is 1. The molecule has 0 aliphatic heterocycles. The number of anilines is 1. The number of aromatic hydroxyl groups is 1. The molecule has 31 heavy (non-hydrogen) atoms. The third kappa shape index (κ3) is 4.86. The molecule has 0 saturated carbocycles. The molecule has 3 N–H and O–H groups in total. The van der Waals surface area contributed by atoms with Crippen molar-refractivity contribution in [1.82, 2.24) is 4.98 Å². The summed E-state index contributed by atoms with van der Waals surface area (Å²) < 4.78 is 5.07. The summed E-state index contributed by atoms with van der Waals surface area (Å²) in [6.07, 6.45) is 6.30. The summed E-state index contributed by atoms with van der Waals surface area (Å²) in [6, 6.07) is 14.5. The van der Waals surface area contributed by atoms with E-state index in [0.29, 0.717) is 11.1 Å². The van der Waals surface area contributed by atoms with Gasteiger partial charge in [0.2, 0.25) is 0 Å². The third-order valence-corrected chi connectivity index (χ3v) is 4.59. The number of aromatic nitrogens is 1. The summed E-state index contributed by atoms with van der Waals surface area (Å²) >= 11 is 0. The summed E-state index contributed by atoms with van der Waals surface area (Å²) in [5.41, 5.74) is 2.94. The van der Waals surface area contributed by atoms with Gasteiger partial charge < -0.3 is 19.9 Å². The summed E-state index contributed by atoms with van der Waals surface area (Å²) in [6.45, 7) is 0. The first kappa shape index (κ1) is 22.3. The number of amides is 1. The topological polar surface area (TPSA) is 113 Å². The van der Waals surface area contributed by atoms with Gasteiger partial charge in [-0.05, 0) is 47.5 Å². The Labute approximate surface area is 199 Å². The first-order valence-corrected chi connectivity index (χ1v) is 8.97. The van der Waals surface area contributed by atoms with Gasteiger partial charge in [0, 0.05) is 23.5 Å². The molecule has 0 aliphatic rings. The molecule has 2 heterocycles. The van der Waals surface area contributed by atoms with Gasteiger partial charge in [0.1, 0.15) is 5.75 Å². The van der Waals surface area contributed by atoms with Crippen molar-refractivity contribution in [3.8, 4) is 28.0 Å². The fourth-order valence-corrected chi connectivity index (χ4v) is 3.06. The number of phenols is 1. The molecule has 8 heteroatoms. The predicted octanol–water partition coefficient (Wildman–Crippen LogP) is 4.02. The zero-order chi connectivity index (χ0) is 21.1. The summed E-state index contributed by atoms with van der Waals surface area (Å²) in [5.74, 6) is -2.04. The first-order valence-electron chi connectivity index (χ1n) is 8.97. The Balaban J connectivity index is 0.00000272. The quantitative estimate of drug-likeness (QED) is 0.417. The molecule has 4 aromatic rings. The number of carboxylic acid groups (broad SMARTS) is 1. The van der Waals surface area contributed by atoms with Crippen molar-refractivity contribution in [3.05, 3.63) is 90.6 Å². The van der Waals surface area contributed by atoms with Crippen molar-refractivity contribution in [2.75, 3.05) is 5.32 Å². The van der Waals surface area contributed by atoms with E-state index < -0.39 is 11.9 Å². The minimum atomic E-state index is -1.18. The van der Waals surface area contributed by atoms with Gasteiger partial charge in [-0.15, -0.1) is 0 Å². The molecule has 150 valence electrons. The van der Waals surface area contributed by atoms with Crippen LogP contribution in [0.4, 0.5) is 5.69 Å². The van der Waals surface area contributed by atoms with Crippen LogP contribution >= 0.6 is 0 Å². The van der Waals surface area contributed by atoms with Crippen molar-refractivity contribution >= 4 is 47.1 Å². The number of benzene rings is 2. The van der Waals surface area contributed by atoms with Gasteiger partial charge in [-0.25, -0.2) is 4.79 Å². The number of furan rings is 1. The molecular weight excluding hydrogens is 407 g/mol. The molecule has 7 nitrogen and oxygen atoms in total. The molecule has 1 amide bonds. The van der Waals surface area contributed by atoms with E-state index in [1.807, 2.05) is 6.07 Å². The average molecular weight is 424 g/mol. The standard InChI is InChI=1S/C23H16N2O5.Na.H/c26-21-6-4-14(16-2-1-8-24-12-16)10-19(21)22(27)25-20-11-15(17-7-9-30-13-17)3-5-18(20)23(28)29;;/h1-13,26H,(H,25,27)(H,28,29);;. The van der Waals surface area contributed by atoms with Gasteiger partial charge in [0.25, 0.3) is 5.91 Å². The number of pyridine rings is 1. The van der Waals surface area contributed by atoms with Crippen LogP contribution in [0, 0.1) is 0 Å². The van der Waals surface area contributed by atoms with Crippen LogP contribution in [-0.4, -0.2) is 56.6 Å². The van der Waals surface area contributed by atoms with Gasteiger partial charge in [-0.3, -0.25) is 9.78 Å². The van der Waals surface area contributed by atoms with E-state index in [-0.39, 0.29) is 52.1 Å². The summed E-state index contributed by atoms with van der Waals surface area (Å²) in [7, 11) is 0. The normalized spacial score (nSPS) is 10.2. The van der Waals surface area contributed by atoms with Crippen LogP contribution < -0.4 is 5.32 Å². The Bertz CT molecular complexity index is 1220. The molecule has 0 unspecified atom stereocenters. The molecule has 2 aromatic carbocycles. The average Bonchev–Trinajstić information content (AvgIpc) is 3.29. The molecule has 0 fully saturated rings. The van der Waals surface area contributed by atoms with Crippen LogP contribution in [-0.2, 0) is 0 Å². The number of carboxylic acids is 1. The fourth-order valence-electron chi connectivity index (χ4n) is 3.06. The second-order valence-electron chi connectivity index (χ2n) is 6.51. The van der Waals surface area contributed by atoms with E-state index in [0.717, 1.165) is 11.1 Å². The number of hydrogen-bond acceptors (Lipinski definition) is 5. The summed E-state index contributed by atoms with van der Waals surface area (Å²) in [4.78, 5) is 28.6. The van der Waals surface area contributed by atoms with E-state index in [2.05, 4.69) is 10.3 Å². The van der Waals surface area contributed by atoms with Gasteiger partial charge >= 0.3 is 35.5 Å². The van der Waals surface area contributed by atoms with E-state index >= 15 is 0 Å². The zero-order valence-corrected chi connectivity index (χ0v) is 15.6. The third-order valence-electron chi connectivity index (χ3n) is 4.59. The molecule has 0 saturated heterocycles. The second kappa shape index (κ2) is 9.61. The number of rotatable bonds is 5. The van der Waals surface area contributed by atoms with Gasteiger partial charge in [-0.2, -0.15) is 0 Å². The molecule has 0 bridgehead atoms. The van der Waals surface area contributed by atoms with Crippen molar-refractivity contribution in [3.63, 3.8) is 0 Å². The number of phenolic OH excluding ortho intramolecular Hbond substituents is 1. The SMILES string of the molecule is O=C(Nc1cc(-c2ccoc2)ccc1C(=O)O)c1cc(-c2cccnc2)ccc1O.[NaH]. The van der Waals surface area contributed by atoms with Crippen LogP contribution in [0.5, 0.6) is 5.75 Å². The molecule has 0 atom stereocenters. The van der Waals surface area contributed by atoms with Crippen LogP contribution in [0.2, 0.25) is 0 Å². The van der Waals surface area contributed by atoms with E-state index in [4.69, 9.17) is 4.42 Å². The Morgan fingerprint density at radius 2 is 1.68 bits per heavy atom. The number of carbonyl (C=O) groups excluding carboxylic acids is 1. The summed E-state index contributed by atoms with van der Waals surface area (Å²) in [5, 5.41) is 22.3. The number of hydrogen-bond donors (Lipinski definition) is 3. The van der Waals surface area contributed by atoms with Gasteiger partial charge in [-0.1, -0.05) is 18.2 Å².